The smallest absolute Gasteiger partial charge is 0.338 e. The van der Waals surface area contributed by atoms with Crippen LogP contribution in [-0.4, -0.2) is 64.6 Å². The summed E-state index contributed by atoms with van der Waals surface area (Å²) in [7, 11) is 0. The molecule has 2 fully saturated rings. The zero-order valence-corrected chi connectivity index (χ0v) is 26.5. The molecule has 0 spiro atoms. The molecular weight excluding hydrogens is 599 g/mol. The van der Waals surface area contributed by atoms with Gasteiger partial charge in [-0.05, 0) is 57.7 Å². The molecule has 2 aliphatic rings. The molecule has 4 atom stereocenters. The molecule has 11 heteroatoms. The van der Waals surface area contributed by atoms with Crippen LogP contribution >= 0.6 is 23.2 Å². The average molecular weight is 638 g/mol. The van der Waals surface area contributed by atoms with Crippen molar-refractivity contribution in [3.05, 3.63) is 76.3 Å². The van der Waals surface area contributed by atoms with Crippen molar-refractivity contribution in [2.75, 3.05) is 26.3 Å². The molecule has 42 heavy (non-hydrogen) atoms. The maximum Gasteiger partial charge on any atom is 0.338 e. The normalized spacial score (nSPS) is 21.0. The van der Waals surface area contributed by atoms with Gasteiger partial charge >= 0.3 is 5.97 Å². The summed E-state index contributed by atoms with van der Waals surface area (Å²) in [4.78, 5) is 27.9. The third-order valence-corrected chi connectivity index (χ3v) is 9.71. The molecular formula is C31H38Cl2N2O6S. The summed E-state index contributed by atoms with van der Waals surface area (Å²) in [6, 6.07) is 11.8. The Kier molecular flexibility index (Phi) is 11.2. The van der Waals surface area contributed by atoms with E-state index in [4.69, 9.17) is 37.4 Å². The molecule has 2 heterocycles. The van der Waals surface area contributed by atoms with Gasteiger partial charge in [0.15, 0.2) is 6.10 Å². The van der Waals surface area contributed by atoms with E-state index in [2.05, 4.69) is 11.3 Å². The number of halogens is 2. The number of amides is 1. The molecule has 228 valence electrons. The largest absolute Gasteiger partial charge is 0.598 e. The molecule has 0 radical (unpaired) electrons. The number of rotatable bonds is 10. The zero-order chi connectivity index (χ0) is 30.4. The lowest BCUT2D eigenvalue weighted by molar-refractivity contribution is -0.146. The number of esters is 1. The van der Waals surface area contributed by atoms with Crippen molar-refractivity contribution >= 4 is 46.4 Å². The molecule has 1 amide bonds. The minimum atomic E-state index is -1.39. The third-order valence-electron chi connectivity index (χ3n) is 7.41. The first-order chi connectivity index (χ1) is 20.0. The lowest BCUT2D eigenvalue weighted by atomic mass is 9.85. The van der Waals surface area contributed by atoms with Gasteiger partial charge in [-0.1, -0.05) is 54.1 Å². The van der Waals surface area contributed by atoms with Crippen molar-refractivity contribution in [2.45, 2.75) is 63.0 Å². The van der Waals surface area contributed by atoms with Crippen molar-refractivity contribution in [2.24, 2.45) is 5.92 Å². The van der Waals surface area contributed by atoms with Crippen molar-refractivity contribution in [1.82, 2.24) is 9.62 Å². The summed E-state index contributed by atoms with van der Waals surface area (Å²) >= 11 is 11.4. The van der Waals surface area contributed by atoms with Gasteiger partial charge in [0, 0.05) is 42.5 Å². The molecule has 0 bridgehead atoms. The van der Waals surface area contributed by atoms with Crippen molar-refractivity contribution in [3.8, 4) is 5.75 Å². The van der Waals surface area contributed by atoms with Crippen LogP contribution in [0.1, 0.15) is 62.0 Å². The van der Waals surface area contributed by atoms with Crippen LogP contribution in [0.3, 0.4) is 0 Å². The van der Waals surface area contributed by atoms with Crippen LogP contribution in [0, 0.1) is 5.92 Å². The van der Waals surface area contributed by atoms with Crippen LogP contribution in [0.25, 0.3) is 0 Å². The second kappa shape index (κ2) is 14.5. The molecule has 2 aliphatic heterocycles. The first kappa shape index (κ1) is 32.6. The maximum absolute atomic E-state index is 13.5. The van der Waals surface area contributed by atoms with E-state index in [1.165, 1.54) is 0 Å². The zero-order valence-electron chi connectivity index (χ0n) is 24.1. The highest BCUT2D eigenvalue weighted by molar-refractivity contribution is 7.90. The Labute approximate surface area is 261 Å². The van der Waals surface area contributed by atoms with Crippen LogP contribution < -0.4 is 9.46 Å². The Morgan fingerprint density at radius 2 is 1.83 bits per heavy atom. The van der Waals surface area contributed by atoms with E-state index in [1.54, 1.807) is 47.4 Å². The number of carbonyl (C=O) groups is 2. The molecule has 0 saturated carbocycles. The van der Waals surface area contributed by atoms with Gasteiger partial charge in [-0.25, -0.2) is 4.79 Å². The molecule has 0 aliphatic carbocycles. The van der Waals surface area contributed by atoms with Crippen molar-refractivity contribution in [3.63, 3.8) is 0 Å². The topological polar surface area (TPSA) is 100 Å². The first-order valence-corrected chi connectivity index (χ1v) is 16.0. The fraction of sp³-hybridized carbons (Fsp3) is 0.484. The van der Waals surface area contributed by atoms with Gasteiger partial charge in [0.05, 0.1) is 28.3 Å². The van der Waals surface area contributed by atoms with E-state index in [-0.39, 0.29) is 24.5 Å². The minimum absolute atomic E-state index is 0.0138. The molecule has 3 unspecified atom stereocenters. The van der Waals surface area contributed by atoms with Crippen LogP contribution in [0.15, 0.2) is 55.1 Å². The second-order valence-corrected chi connectivity index (χ2v) is 14.2. The highest BCUT2D eigenvalue weighted by atomic mass is 35.5. The standard InChI is InChI=1S/C31H38Cl2N2O6S/c1-5-16-39-26-19-24(33)23(32)18-22(26)27(34-42(38)31(2,3)4)20-11-14-35(15-12-20)29(36)28-25(13-17-40-28)41-30(37)21-9-7-6-8-10-21/h5-10,18-20,25,27-28,34H,1,11-17H2,2-4H3/t25?,27?,28?,42-/m0/s1. The highest BCUT2D eigenvalue weighted by Crippen LogP contribution is 2.41. The van der Waals surface area contributed by atoms with Gasteiger partial charge in [0.1, 0.15) is 23.2 Å². The van der Waals surface area contributed by atoms with E-state index in [0.717, 1.165) is 5.56 Å². The van der Waals surface area contributed by atoms with E-state index in [0.29, 0.717) is 60.3 Å². The average Bonchev–Trinajstić information content (AvgIpc) is 3.44. The van der Waals surface area contributed by atoms with E-state index in [9.17, 15) is 14.1 Å². The number of likely N-dealkylation sites (tertiary alicyclic amines) is 1. The van der Waals surface area contributed by atoms with E-state index < -0.39 is 34.3 Å². The minimum Gasteiger partial charge on any atom is -0.598 e. The van der Waals surface area contributed by atoms with Crippen LogP contribution in [0.2, 0.25) is 10.0 Å². The molecule has 2 aromatic rings. The molecule has 0 aromatic heterocycles. The number of ether oxygens (including phenoxy) is 3. The van der Waals surface area contributed by atoms with Gasteiger partial charge in [0.2, 0.25) is 0 Å². The van der Waals surface area contributed by atoms with Gasteiger partial charge in [-0.3, -0.25) is 4.79 Å². The second-order valence-electron chi connectivity index (χ2n) is 11.4. The van der Waals surface area contributed by atoms with Crippen molar-refractivity contribution in [1.29, 1.82) is 0 Å². The fourth-order valence-electron chi connectivity index (χ4n) is 5.10. The number of carbonyl (C=O) groups excluding carboxylic acids is 2. The number of nitrogens with zero attached hydrogens (tertiary/aromatic N) is 1. The van der Waals surface area contributed by atoms with Crippen LogP contribution in [-0.2, 0) is 25.6 Å². The molecule has 8 nitrogen and oxygen atoms in total. The summed E-state index contributed by atoms with van der Waals surface area (Å²) in [5.74, 6) is -0.114. The van der Waals surface area contributed by atoms with Gasteiger partial charge < -0.3 is 23.7 Å². The number of hydrogen-bond acceptors (Lipinski definition) is 7. The Morgan fingerprint density at radius 1 is 1.17 bits per heavy atom. The lowest BCUT2D eigenvalue weighted by Crippen LogP contribution is -2.50. The highest BCUT2D eigenvalue weighted by Gasteiger charge is 2.42. The summed E-state index contributed by atoms with van der Waals surface area (Å²) < 4.78 is 33.5. The van der Waals surface area contributed by atoms with Gasteiger partial charge in [-0.15, -0.1) is 4.72 Å². The van der Waals surface area contributed by atoms with E-state index in [1.807, 2.05) is 26.8 Å². The Morgan fingerprint density at radius 3 is 2.48 bits per heavy atom. The van der Waals surface area contributed by atoms with Crippen LogP contribution in [0.5, 0.6) is 5.75 Å². The Bertz CT molecular complexity index is 1250. The molecule has 2 aromatic carbocycles. The summed E-state index contributed by atoms with van der Waals surface area (Å²) in [6.45, 7) is 11.0. The third kappa shape index (κ3) is 8.01. The molecule has 1 N–H and O–H groups in total. The number of benzene rings is 2. The van der Waals surface area contributed by atoms with Gasteiger partial charge in [-0.2, -0.15) is 0 Å². The molecule has 2 saturated heterocycles. The fourth-order valence-corrected chi connectivity index (χ4v) is 6.33. The maximum atomic E-state index is 13.5. The Balaban J connectivity index is 1.48. The molecule has 4 rings (SSSR count). The number of nitrogens with one attached hydrogen (secondary N) is 1. The van der Waals surface area contributed by atoms with E-state index >= 15 is 0 Å². The monoisotopic (exact) mass is 636 g/mol. The van der Waals surface area contributed by atoms with Crippen molar-refractivity contribution < 1.29 is 28.4 Å². The summed E-state index contributed by atoms with van der Waals surface area (Å²) in [5.41, 5.74) is 1.18. The van der Waals surface area contributed by atoms with Gasteiger partial charge in [0.25, 0.3) is 5.91 Å². The SMILES string of the molecule is C=CCOc1cc(Cl)c(Cl)cc1C(N[S@@+]([O-])C(C)(C)C)C1CCN(C(=O)C2OCCC2OC(=O)c2ccccc2)CC1. The first-order valence-electron chi connectivity index (χ1n) is 14.1. The predicted octanol–water partition coefficient (Wildman–Crippen LogP) is 5.90. The summed E-state index contributed by atoms with van der Waals surface area (Å²) in [5, 5.41) is 0.725. The lowest BCUT2D eigenvalue weighted by Gasteiger charge is -2.39. The predicted molar refractivity (Wildman–Crippen MR) is 165 cm³/mol. The van der Waals surface area contributed by atoms with Crippen LogP contribution in [0.4, 0.5) is 0 Å². The quantitative estimate of drug-likeness (QED) is 0.197. The number of hydrogen-bond donors (Lipinski definition) is 1. The Hall–Kier alpha value is -2.27. The number of piperidine rings is 1. The summed E-state index contributed by atoms with van der Waals surface area (Å²) in [6.07, 6.45) is 1.88.